The molecule has 1 aromatic heterocycles. The predicted molar refractivity (Wildman–Crippen MR) is 82.0 cm³/mol. The Bertz CT molecular complexity index is 723. The summed E-state index contributed by atoms with van der Waals surface area (Å²) >= 11 is 0. The molecule has 2 aromatic rings. The molecule has 1 amide bonds. The lowest BCUT2D eigenvalue weighted by molar-refractivity contribution is 0.0600. The summed E-state index contributed by atoms with van der Waals surface area (Å²) < 4.78 is 4.60. The maximum absolute atomic E-state index is 12.2. The van der Waals surface area contributed by atoms with Crippen molar-refractivity contribution in [2.24, 2.45) is 0 Å². The number of carbonyl (C=O) groups is 2. The zero-order valence-electron chi connectivity index (χ0n) is 12.3. The molecule has 0 atom stereocenters. The molecule has 0 spiro atoms. The van der Waals surface area contributed by atoms with Crippen LogP contribution in [0, 0.1) is 0 Å². The fourth-order valence-electron chi connectivity index (χ4n) is 2.61. The van der Waals surface area contributed by atoms with Crippen LogP contribution >= 0.6 is 0 Å². The molecule has 112 valence electrons. The van der Waals surface area contributed by atoms with Crippen LogP contribution in [0.4, 0.5) is 5.69 Å². The van der Waals surface area contributed by atoms with Gasteiger partial charge in [0.05, 0.1) is 12.7 Å². The minimum atomic E-state index is -0.474. The second-order valence-corrected chi connectivity index (χ2v) is 5.21. The molecule has 5 heteroatoms. The van der Waals surface area contributed by atoms with Gasteiger partial charge in [0, 0.05) is 11.9 Å². The number of fused-ring (bicyclic) bond motifs is 1. The number of rotatable bonds is 3. The summed E-state index contributed by atoms with van der Waals surface area (Å²) in [6.07, 6.45) is 4.68. The summed E-state index contributed by atoms with van der Waals surface area (Å²) in [6.45, 7) is 0. The summed E-state index contributed by atoms with van der Waals surface area (Å²) in [5.41, 5.74) is 4.00. The first-order valence-corrected chi connectivity index (χ1v) is 7.15. The number of methoxy groups -OCH3 is 1. The number of anilines is 1. The predicted octanol–water partition coefficient (Wildman–Crippen LogP) is 2.61. The normalized spacial score (nSPS) is 12.6. The number of hydrogen-bond acceptors (Lipinski definition) is 4. The van der Waals surface area contributed by atoms with Crippen LogP contribution in [0.1, 0.15) is 38.4 Å². The van der Waals surface area contributed by atoms with Gasteiger partial charge in [-0.3, -0.25) is 9.78 Å². The lowest BCUT2D eigenvalue weighted by Gasteiger charge is -2.07. The van der Waals surface area contributed by atoms with Gasteiger partial charge < -0.3 is 10.1 Å². The highest BCUT2D eigenvalue weighted by molar-refractivity contribution is 6.03. The van der Waals surface area contributed by atoms with Crippen molar-refractivity contribution in [1.29, 1.82) is 0 Å². The first-order chi connectivity index (χ1) is 10.7. The van der Waals surface area contributed by atoms with Crippen molar-refractivity contribution in [3.8, 4) is 0 Å². The minimum absolute atomic E-state index is 0.258. The molecular formula is C17H16N2O3. The van der Waals surface area contributed by atoms with Crippen molar-refractivity contribution in [3.63, 3.8) is 0 Å². The third-order valence-electron chi connectivity index (χ3n) is 3.77. The van der Waals surface area contributed by atoms with Crippen molar-refractivity contribution >= 4 is 17.6 Å². The standard InChI is InChI=1S/C17H16N2O3/c1-22-17(21)13-6-8-15(18-10-13)16(20)19-14-7-5-11-3-2-4-12(11)9-14/h5-10H,2-4H2,1H3,(H,19,20). The molecular weight excluding hydrogens is 280 g/mol. The molecule has 1 N–H and O–H groups in total. The summed E-state index contributed by atoms with van der Waals surface area (Å²) in [4.78, 5) is 27.5. The highest BCUT2D eigenvalue weighted by atomic mass is 16.5. The zero-order chi connectivity index (χ0) is 15.5. The molecule has 22 heavy (non-hydrogen) atoms. The average molecular weight is 296 g/mol. The molecule has 0 saturated carbocycles. The molecule has 1 aliphatic carbocycles. The van der Waals surface area contributed by atoms with E-state index in [2.05, 4.69) is 21.1 Å². The van der Waals surface area contributed by atoms with E-state index in [9.17, 15) is 9.59 Å². The Kier molecular flexibility index (Phi) is 3.87. The largest absolute Gasteiger partial charge is 0.465 e. The van der Waals surface area contributed by atoms with E-state index >= 15 is 0 Å². The lowest BCUT2D eigenvalue weighted by Crippen LogP contribution is -2.14. The van der Waals surface area contributed by atoms with Crippen molar-refractivity contribution in [2.75, 3.05) is 12.4 Å². The first kappa shape index (κ1) is 14.3. The van der Waals surface area contributed by atoms with Gasteiger partial charge >= 0.3 is 5.97 Å². The summed E-state index contributed by atoms with van der Waals surface area (Å²) in [5.74, 6) is -0.771. The van der Waals surface area contributed by atoms with Crippen LogP contribution in [0.15, 0.2) is 36.5 Å². The van der Waals surface area contributed by atoms with E-state index in [0.717, 1.165) is 18.5 Å². The number of carbonyl (C=O) groups excluding carboxylic acids is 2. The average Bonchev–Trinajstić information content (AvgIpc) is 3.02. The van der Waals surface area contributed by atoms with Gasteiger partial charge in [-0.05, 0) is 54.7 Å². The highest BCUT2D eigenvalue weighted by Gasteiger charge is 2.14. The Labute approximate surface area is 128 Å². The number of nitrogens with zero attached hydrogens (tertiary/aromatic N) is 1. The van der Waals surface area contributed by atoms with Crippen LogP contribution in [0.2, 0.25) is 0 Å². The maximum atomic E-state index is 12.2. The van der Waals surface area contributed by atoms with E-state index in [1.165, 1.54) is 43.0 Å². The van der Waals surface area contributed by atoms with Crippen molar-refractivity contribution in [2.45, 2.75) is 19.3 Å². The third-order valence-corrected chi connectivity index (χ3v) is 3.77. The smallest absolute Gasteiger partial charge is 0.339 e. The molecule has 3 rings (SSSR count). The number of hydrogen-bond donors (Lipinski definition) is 1. The lowest BCUT2D eigenvalue weighted by atomic mass is 10.1. The van der Waals surface area contributed by atoms with Gasteiger partial charge in [0.25, 0.3) is 5.91 Å². The number of aromatic nitrogens is 1. The molecule has 5 nitrogen and oxygen atoms in total. The molecule has 0 radical (unpaired) electrons. The van der Waals surface area contributed by atoms with E-state index in [1.54, 1.807) is 0 Å². The van der Waals surface area contributed by atoms with E-state index < -0.39 is 5.97 Å². The maximum Gasteiger partial charge on any atom is 0.339 e. The highest BCUT2D eigenvalue weighted by Crippen LogP contribution is 2.25. The first-order valence-electron chi connectivity index (χ1n) is 7.15. The van der Waals surface area contributed by atoms with Crippen LogP contribution in [-0.2, 0) is 17.6 Å². The molecule has 0 bridgehead atoms. The SMILES string of the molecule is COC(=O)c1ccc(C(=O)Nc2ccc3c(c2)CCC3)nc1. The third kappa shape index (κ3) is 2.83. The Morgan fingerprint density at radius 1 is 1.14 bits per heavy atom. The van der Waals surface area contributed by atoms with Crippen molar-refractivity contribution in [3.05, 3.63) is 58.9 Å². The molecule has 0 unspecified atom stereocenters. The quantitative estimate of drug-likeness (QED) is 0.884. The van der Waals surface area contributed by atoms with E-state index in [-0.39, 0.29) is 11.6 Å². The Balaban J connectivity index is 1.73. The van der Waals surface area contributed by atoms with E-state index in [0.29, 0.717) is 5.56 Å². The second kappa shape index (κ2) is 5.97. The van der Waals surface area contributed by atoms with Gasteiger partial charge in [-0.15, -0.1) is 0 Å². The number of ether oxygens (including phenoxy) is 1. The number of esters is 1. The van der Waals surface area contributed by atoms with Crippen LogP contribution in [-0.4, -0.2) is 24.0 Å². The van der Waals surface area contributed by atoms with Gasteiger partial charge in [0.15, 0.2) is 0 Å². The van der Waals surface area contributed by atoms with Gasteiger partial charge in [0.2, 0.25) is 0 Å². The monoisotopic (exact) mass is 296 g/mol. The van der Waals surface area contributed by atoms with Gasteiger partial charge in [-0.25, -0.2) is 4.79 Å². The Hall–Kier alpha value is -2.69. The minimum Gasteiger partial charge on any atom is -0.465 e. The van der Waals surface area contributed by atoms with E-state index in [4.69, 9.17) is 0 Å². The Morgan fingerprint density at radius 2 is 1.95 bits per heavy atom. The van der Waals surface area contributed by atoms with Gasteiger partial charge in [-0.2, -0.15) is 0 Å². The van der Waals surface area contributed by atoms with Crippen LogP contribution in [0.25, 0.3) is 0 Å². The number of benzene rings is 1. The van der Waals surface area contributed by atoms with Gasteiger partial charge in [-0.1, -0.05) is 6.07 Å². The number of aryl methyl sites for hydroxylation is 2. The summed E-state index contributed by atoms with van der Waals surface area (Å²) in [7, 11) is 1.30. The number of pyridine rings is 1. The van der Waals surface area contributed by atoms with Crippen LogP contribution < -0.4 is 5.32 Å². The summed E-state index contributed by atoms with van der Waals surface area (Å²) in [5, 5.41) is 2.83. The molecule has 1 aliphatic rings. The van der Waals surface area contributed by atoms with Crippen molar-refractivity contribution in [1.82, 2.24) is 4.98 Å². The molecule has 1 heterocycles. The summed E-state index contributed by atoms with van der Waals surface area (Å²) in [6, 6.07) is 9.02. The zero-order valence-corrected chi connectivity index (χ0v) is 12.3. The Morgan fingerprint density at radius 3 is 2.68 bits per heavy atom. The number of amides is 1. The van der Waals surface area contributed by atoms with Crippen LogP contribution in [0.3, 0.4) is 0 Å². The topological polar surface area (TPSA) is 68.3 Å². The second-order valence-electron chi connectivity index (χ2n) is 5.21. The fourth-order valence-corrected chi connectivity index (χ4v) is 2.61. The van der Waals surface area contributed by atoms with Crippen molar-refractivity contribution < 1.29 is 14.3 Å². The number of nitrogens with one attached hydrogen (secondary N) is 1. The fraction of sp³-hybridized carbons (Fsp3) is 0.235. The molecule has 1 aromatic carbocycles. The van der Waals surface area contributed by atoms with E-state index in [1.807, 2.05) is 12.1 Å². The molecule has 0 saturated heterocycles. The van der Waals surface area contributed by atoms with Crippen LogP contribution in [0.5, 0.6) is 0 Å². The van der Waals surface area contributed by atoms with Gasteiger partial charge in [0.1, 0.15) is 5.69 Å². The molecule has 0 aliphatic heterocycles. The molecule has 0 fully saturated rings.